The van der Waals surface area contributed by atoms with E-state index < -0.39 is 0 Å². The Hall–Kier alpha value is -0.370. The van der Waals surface area contributed by atoms with Crippen LogP contribution in [-0.2, 0) is 4.79 Å². The van der Waals surface area contributed by atoms with Gasteiger partial charge in [-0.1, -0.05) is 12.8 Å². The molecular formula is C7H15NO. The molecule has 54 valence electrons. The van der Waals surface area contributed by atoms with Crippen molar-refractivity contribution in [1.29, 1.82) is 0 Å². The predicted octanol–water partition coefficient (Wildman–Crippen LogP) is 1.09. The molecule has 0 aromatic heterocycles. The Bertz CT molecular complexity index is 67.3. The maximum Gasteiger partial charge on any atom is 0.116 e. The standard InChI is InChI=1S/C5H11N.C2H4O/c6-5-3-1-2-4-5;1-2-3/h5H,1-4,6H2;2H,1H3. The van der Waals surface area contributed by atoms with E-state index in [1.807, 2.05) is 0 Å². The summed E-state index contributed by atoms with van der Waals surface area (Å²) in [7, 11) is 0. The Kier molecular flexibility index (Phi) is 5.52. The van der Waals surface area contributed by atoms with Crippen molar-refractivity contribution in [2.24, 2.45) is 5.73 Å². The minimum atomic E-state index is 0.546. The van der Waals surface area contributed by atoms with Crippen molar-refractivity contribution in [2.75, 3.05) is 0 Å². The third-order valence-electron chi connectivity index (χ3n) is 1.40. The fourth-order valence-electron chi connectivity index (χ4n) is 0.957. The molecule has 0 unspecified atom stereocenters. The van der Waals surface area contributed by atoms with E-state index in [0.717, 1.165) is 6.29 Å². The van der Waals surface area contributed by atoms with Crippen molar-refractivity contribution in [3.63, 3.8) is 0 Å². The van der Waals surface area contributed by atoms with Crippen LogP contribution in [0.1, 0.15) is 32.6 Å². The number of carbonyl (C=O) groups excluding carboxylic acids is 1. The zero-order valence-corrected chi connectivity index (χ0v) is 5.97. The molecule has 9 heavy (non-hydrogen) atoms. The van der Waals surface area contributed by atoms with Crippen LogP contribution in [0.2, 0.25) is 0 Å². The first-order chi connectivity index (χ1) is 4.31. The zero-order valence-electron chi connectivity index (χ0n) is 5.97. The van der Waals surface area contributed by atoms with E-state index in [9.17, 15) is 0 Å². The highest BCUT2D eigenvalue weighted by Gasteiger charge is 2.07. The lowest BCUT2D eigenvalue weighted by atomic mass is 10.3. The van der Waals surface area contributed by atoms with E-state index in [0.29, 0.717) is 6.04 Å². The first-order valence-electron chi connectivity index (χ1n) is 3.46. The van der Waals surface area contributed by atoms with Crippen LogP contribution in [0.25, 0.3) is 0 Å². The lowest BCUT2D eigenvalue weighted by Gasteiger charge is -1.92. The molecule has 0 aromatic carbocycles. The molecule has 1 aliphatic rings. The largest absolute Gasteiger partial charge is 0.328 e. The van der Waals surface area contributed by atoms with Gasteiger partial charge in [-0.25, -0.2) is 0 Å². The molecule has 0 atom stereocenters. The van der Waals surface area contributed by atoms with Gasteiger partial charge in [0.1, 0.15) is 6.29 Å². The molecule has 1 saturated carbocycles. The van der Waals surface area contributed by atoms with Gasteiger partial charge in [-0.2, -0.15) is 0 Å². The van der Waals surface area contributed by atoms with E-state index in [4.69, 9.17) is 10.5 Å². The van der Waals surface area contributed by atoms with Crippen LogP contribution >= 0.6 is 0 Å². The maximum absolute atomic E-state index is 8.81. The van der Waals surface area contributed by atoms with E-state index in [2.05, 4.69) is 0 Å². The van der Waals surface area contributed by atoms with E-state index >= 15 is 0 Å². The van der Waals surface area contributed by atoms with Gasteiger partial charge in [0.15, 0.2) is 0 Å². The molecule has 2 heteroatoms. The Morgan fingerprint density at radius 1 is 1.44 bits per heavy atom. The van der Waals surface area contributed by atoms with Crippen LogP contribution in [0.5, 0.6) is 0 Å². The van der Waals surface area contributed by atoms with Crippen molar-refractivity contribution in [1.82, 2.24) is 0 Å². The lowest BCUT2D eigenvalue weighted by molar-refractivity contribution is -0.106. The summed E-state index contributed by atoms with van der Waals surface area (Å²) in [5.41, 5.74) is 5.53. The highest BCUT2D eigenvalue weighted by Crippen LogP contribution is 2.14. The van der Waals surface area contributed by atoms with E-state index in [-0.39, 0.29) is 0 Å². The van der Waals surface area contributed by atoms with Crippen molar-refractivity contribution in [3.05, 3.63) is 0 Å². The molecule has 0 heterocycles. The average molecular weight is 129 g/mol. The number of nitrogens with two attached hydrogens (primary N) is 1. The first kappa shape index (κ1) is 8.63. The lowest BCUT2D eigenvalue weighted by Crippen LogP contribution is -2.13. The van der Waals surface area contributed by atoms with Crippen molar-refractivity contribution < 1.29 is 4.79 Å². The van der Waals surface area contributed by atoms with Crippen LogP contribution in [0.4, 0.5) is 0 Å². The van der Waals surface area contributed by atoms with Crippen molar-refractivity contribution >= 4 is 6.29 Å². The summed E-state index contributed by atoms with van der Waals surface area (Å²) in [5.74, 6) is 0. The molecule has 0 aliphatic heterocycles. The molecule has 1 fully saturated rings. The quantitative estimate of drug-likeness (QED) is 0.497. The second-order valence-corrected chi connectivity index (χ2v) is 2.28. The SMILES string of the molecule is CC=O.NC1CCCC1. The van der Waals surface area contributed by atoms with Gasteiger partial charge in [0, 0.05) is 6.04 Å². The fourth-order valence-corrected chi connectivity index (χ4v) is 0.957. The topological polar surface area (TPSA) is 43.1 Å². The summed E-state index contributed by atoms with van der Waals surface area (Å²) in [6.45, 7) is 1.44. The van der Waals surface area contributed by atoms with Gasteiger partial charge >= 0.3 is 0 Å². The number of rotatable bonds is 0. The van der Waals surface area contributed by atoms with Gasteiger partial charge in [0.2, 0.25) is 0 Å². The Morgan fingerprint density at radius 2 is 1.78 bits per heavy atom. The van der Waals surface area contributed by atoms with Crippen molar-refractivity contribution in [2.45, 2.75) is 38.6 Å². The summed E-state index contributed by atoms with van der Waals surface area (Å²) in [6, 6.07) is 0.546. The fraction of sp³-hybridized carbons (Fsp3) is 0.857. The molecule has 0 spiro atoms. The Balaban J connectivity index is 0.000000187. The molecule has 0 radical (unpaired) electrons. The number of hydrogen-bond donors (Lipinski definition) is 1. The number of aldehydes is 1. The van der Waals surface area contributed by atoms with E-state index in [1.165, 1.54) is 32.6 Å². The molecule has 1 aliphatic carbocycles. The highest BCUT2D eigenvalue weighted by atomic mass is 16.1. The summed E-state index contributed by atoms with van der Waals surface area (Å²) >= 11 is 0. The second kappa shape index (κ2) is 5.76. The smallest absolute Gasteiger partial charge is 0.116 e. The van der Waals surface area contributed by atoms with Gasteiger partial charge in [-0.15, -0.1) is 0 Å². The van der Waals surface area contributed by atoms with Gasteiger partial charge in [0.05, 0.1) is 0 Å². The molecular weight excluding hydrogens is 114 g/mol. The van der Waals surface area contributed by atoms with Crippen molar-refractivity contribution in [3.8, 4) is 0 Å². The Morgan fingerprint density at radius 3 is 1.89 bits per heavy atom. The van der Waals surface area contributed by atoms with Gasteiger partial charge in [-0.3, -0.25) is 0 Å². The third kappa shape index (κ3) is 5.50. The van der Waals surface area contributed by atoms with Crippen LogP contribution < -0.4 is 5.73 Å². The third-order valence-corrected chi connectivity index (χ3v) is 1.40. The van der Waals surface area contributed by atoms with Crippen LogP contribution in [-0.4, -0.2) is 12.3 Å². The average Bonchev–Trinajstić information content (AvgIpc) is 2.20. The summed E-state index contributed by atoms with van der Waals surface area (Å²) in [5, 5.41) is 0. The minimum absolute atomic E-state index is 0.546. The maximum atomic E-state index is 8.81. The highest BCUT2D eigenvalue weighted by molar-refractivity contribution is 5.44. The van der Waals surface area contributed by atoms with Crippen LogP contribution in [0, 0.1) is 0 Å². The predicted molar refractivity (Wildman–Crippen MR) is 38.2 cm³/mol. The van der Waals surface area contributed by atoms with Gasteiger partial charge in [-0.05, 0) is 19.8 Å². The van der Waals surface area contributed by atoms with Gasteiger partial charge < -0.3 is 10.5 Å². The minimum Gasteiger partial charge on any atom is -0.328 e. The molecule has 0 bridgehead atoms. The number of hydrogen-bond acceptors (Lipinski definition) is 2. The van der Waals surface area contributed by atoms with Crippen LogP contribution in [0.15, 0.2) is 0 Å². The molecule has 0 aromatic rings. The first-order valence-corrected chi connectivity index (χ1v) is 3.46. The summed E-state index contributed by atoms with van der Waals surface area (Å²) < 4.78 is 0. The molecule has 0 amide bonds. The van der Waals surface area contributed by atoms with Crippen LogP contribution in [0.3, 0.4) is 0 Å². The molecule has 1 rings (SSSR count). The summed E-state index contributed by atoms with van der Waals surface area (Å²) in [4.78, 5) is 8.81. The Labute approximate surface area is 56.4 Å². The monoisotopic (exact) mass is 129 g/mol. The second-order valence-electron chi connectivity index (χ2n) is 2.28. The normalized spacial score (nSPS) is 18.4. The molecule has 2 nitrogen and oxygen atoms in total. The van der Waals surface area contributed by atoms with Gasteiger partial charge in [0.25, 0.3) is 0 Å². The molecule has 2 N–H and O–H groups in total. The number of carbonyl (C=O) groups is 1. The summed E-state index contributed by atoms with van der Waals surface area (Å²) in [6.07, 6.45) is 6.00. The molecule has 0 saturated heterocycles. The zero-order chi connectivity index (χ0) is 7.11. The van der Waals surface area contributed by atoms with E-state index in [1.54, 1.807) is 0 Å².